The quantitative estimate of drug-likeness (QED) is 0.851. The number of hydrogen-bond acceptors (Lipinski definition) is 5. The molecular weight excluding hydrogens is 363 g/mol. The second-order valence-electron chi connectivity index (χ2n) is 6.74. The molecule has 1 saturated heterocycles. The van der Waals surface area contributed by atoms with Crippen LogP contribution in [0.25, 0.3) is 0 Å². The van der Waals surface area contributed by atoms with Crippen LogP contribution in [-0.4, -0.2) is 52.4 Å². The molecule has 2 aromatic rings. The maximum absolute atomic E-state index is 13.6. The van der Waals surface area contributed by atoms with Crippen molar-refractivity contribution in [2.75, 3.05) is 19.7 Å². The Morgan fingerprint density at radius 2 is 2.04 bits per heavy atom. The van der Waals surface area contributed by atoms with Gasteiger partial charge >= 0.3 is 0 Å². The van der Waals surface area contributed by atoms with Gasteiger partial charge in [-0.2, -0.15) is 0 Å². The monoisotopic (exact) mass is 386 g/mol. The topological polar surface area (TPSA) is 84.4 Å². The number of aromatic nitrogens is 2. The third-order valence-electron chi connectivity index (χ3n) is 4.62. The van der Waals surface area contributed by atoms with Crippen LogP contribution in [0.4, 0.5) is 4.39 Å². The summed E-state index contributed by atoms with van der Waals surface area (Å²) in [5, 5.41) is 2.96. The molecule has 1 aromatic heterocycles. The maximum atomic E-state index is 13.6. The molecule has 2 amide bonds. The molecule has 1 atom stereocenters. The molecule has 0 unspecified atom stereocenters. The van der Waals surface area contributed by atoms with Crippen molar-refractivity contribution in [2.45, 2.75) is 32.2 Å². The average molecular weight is 386 g/mol. The van der Waals surface area contributed by atoms with Crippen LogP contribution in [0.3, 0.4) is 0 Å². The van der Waals surface area contributed by atoms with E-state index in [9.17, 15) is 14.0 Å². The van der Waals surface area contributed by atoms with E-state index in [1.54, 1.807) is 23.2 Å². The molecule has 0 aliphatic carbocycles. The van der Waals surface area contributed by atoms with Gasteiger partial charge in [-0.3, -0.25) is 14.6 Å². The first-order chi connectivity index (χ1) is 13.5. The summed E-state index contributed by atoms with van der Waals surface area (Å²) in [5.74, 6) is -0.886. The van der Waals surface area contributed by atoms with Crippen LogP contribution >= 0.6 is 0 Å². The van der Waals surface area contributed by atoms with Gasteiger partial charge in [-0.1, -0.05) is 12.1 Å². The largest absolute Gasteiger partial charge is 0.481 e. The van der Waals surface area contributed by atoms with Crippen molar-refractivity contribution >= 4 is 11.8 Å². The number of para-hydroxylation sites is 1. The van der Waals surface area contributed by atoms with Crippen LogP contribution in [-0.2, 0) is 4.79 Å². The molecule has 8 heteroatoms. The minimum Gasteiger partial charge on any atom is -0.481 e. The first-order valence-electron chi connectivity index (χ1n) is 9.27. The molecule has 0 saturated carbocycles. The number of carbonyl (C=O) groups is 2. The van der Waals surface area contributed by atoms with Crippen LogP contribution in [0.1, 0.15) is 35.4 Å². The normalized spacial score (nSPS) is 16.9. The van der Waals surface area contributed by atoms with Crippen molar-refractivity contribution in [3.63, 3.8) is 0 Å². The molecule has 28 heavy (non-hydrogen) atoms. The Morgan fingerprint density at radius 3 is 2.79 bits per heavy atom. The smallest absolute Gasteiger partial charge is 0.271 e. The highest BCUT2D eigenvalue weighted by atomic mass is 19.1. The summed E-state index contributed by atoms with van der Waals surface area (Å²) < 4.78 is 18.9. The van der Waals surface area contributed by atoms with Gasteiger partial charge in [-0.05, 0) is 38.3 Å². The number of ether oxygens (including phenoxy) is 1. The standard InChI is InChI=1S/C20H23FN4O3/c1-14-11-23-17(12-22-14)20(27)24-15-5-4-9-25(10-8-15)19(26)13-28-18-7-3-2-6-16(18)21/h2-3,6-7,11-12,15H,4-5,8-10,13H2,1H3,(H,24,27)/t15-/m1/s1. The van der Waals surface area contributed by atoms with E-state index in [-0.39, 0.29) is 35.9 Å². The number of halogens is 1. The Morgan fingerprint density at radius 1 is 1.21 bits per heavy atom. The van der Waals surface area contributed by atoms with E-state index in [0.717, 1.165) is 18.5 Å². The van der Waals surface area contributed by atoms with Gasteiger partial charge in [0.05, 0.1) is 11.9 Å². The average Bonchev–Trinajstić information content (AvgIpc) is 2.93. The van der Waals surface area contributed by atoms with Crippen molar-refractivity contribution in [3.05, 3.63) is 53.9 Å². The molecule has 1 aliphatic heterocycles. The number of hydrogen-bond donors (Lipinski definition) is 1. The van der Waals surface area contributed by atoms with Crippen LogP contribution in [0.15, 0.2) is 36.7 Å². The predicted octanol–water partition coefficient (Wildman–Crippen LogP) is 2.11. The van der Waals surface area contributed by atoms with Gasteiger partial charge in [-0.15, -0.1) is 0 Å². The summed E-state index contributed by atoms with van der Waals surface area (Å²) in [6, 6.07) is 5.96. The van der Waals surface area contributed by atoms with E-state index in [1.807, 2.05) is 6.92 Å². The lowest BCUT2D eigenvalue weighted by atomic mass is 10.1. The second kappa shape index (κ2) is 9.25. The van der Waals surface area contributed by atoms with Gasteiger partial charge in [0.25, 0.3) is 11.8 Å². The van der Waals surface area contributed by atoms with Gasteiger partial charge in [-0.25, -0.2) is 9.37 Å². The minimum absolute atomic E-state index is 0.0408. The fraction of sp³-hybridized carbons (Fsp3) is 0.400. The number of amides is 2. The molecule has 0 bridgehead atoms. The van der Waals surface area contributed by atoms with E-state index in [1.165, 1.54) is 18.3 Å². The summed E-state index contributed by atoms with van der Waals surface area (Å²) in [4.78, 5) is 34.5. The number of likely N-dealkylation sites (tertiary alicyclic amines) is 1. The Labute approximate surface area is 162 Å². The molecule has 148 valence electrons. The van der Waals surface area contributed by atoms with Crippen LogP contribution in [0, 0.1) is 12.7 Å². The number of rotatable bonds is 5. The highest BCUT2D eigenvalue weighted by molar-refractivity contribution is 5.92. The van der Waals surface area contributed by atoms with Crippen LogP contribution in [0.5, 0.6) is 5.75 Å². The highest BCUT2D eigenvalue weighted by Gasteiger charge is 2.23. The summed E-state index contributed by atoms with van der Waals surface area (Å²) in [6.07, 6.45) is 5.17. The molecule has 7 nitrogen and oxygen atoms in total. The molecule has 0 radical (unpaired) electrons. The zero-order valence-corrected chi connectivity index (χ0v) is 15.7. The summed E-state index contributed by atoms with van der Waals surface area (Å²) in [5.41, 5.74) is 1.03. The van der Waals surface area contributed by atoms with Crippen molar-refractivity contribution in [3.8, 4) is 5.75 Å². The molecule has 2 heterocycles. The SMILES string of the molecule is Cc1cnc(C(=O)N[C@@H]2CCCN(C(=O)COc3ccccc3F)CC2)cn1. The van der Waals surface area contributed by atoms with Crippen molar-refractivity contribution in [2.24, 2.45) is 0 Å². The zero-order valence-electron chi connectivity index (χ0n) is 15.7. The number of benzene rings is 1. The van der Waals surface area contributed by atoms with Gasteiger partial charge < -0.3 is 15.0 Å². The number of nitrogens with one attached hydrogen (secondary N) is 1. The Bertz CT molecular complexity index is 828. The molecule has 1 aliphatic rings. The van der Waals surface area contributed by atoms with E-state index in [0.29, 0.717) is 19.5 Å². The Kier molecular flexibility index (Phi) is 6.52. The fourth-order valence-corrected chi connectivity index (χ4v) is 3.05. The number of carbonyl (C=O) groups excluding carboxylic acids is 2. The van der Waals surface area contributed by atoms with Gasteiger partial charge in [0.15, 0.2) is 18.2 Å². The summed E-state index contributed by atoms with van der Waals surface area (Å²) in [7, 11) is 0. The summed E-state index contributed by atoms with van der Waals surface area (Å²) >= 11 is 0. The molecular formula is C20H23FN4O3. The highest BCUT2D eigenvalue weighted by Crippen LogP contribution is 2.16. The lowest BCUT2D eigenvalue weighted by Gasteiger charge is -2.21. The lowest BCUT2D eigenvalue weighted by Crippen LogP contribution is -2.38. The molecule has 1 aromatic carbocycles. The van der Waals surface area contributed by atoms with Crippen molar-refractivity contribution in [1.82, 2.24) is 20.2 Å². The van der Waals surface area contributed by atoms with Crippen molar-refractivity contribution in [1.29, 1.82) is 0 Å². The summed E-state index contributed by atoms with van der Waals surface area (Å²) in [6.45, 7) is 2.68. The van der Waals surface area contributed by atoms with E-state index >= 15 is 0 Å². The van der Waals surface area contributed by atoms with Gasteiger partial charge in [0.1, 0.15) is 5.69 Å². The Balaban J connectivity index is 1.48. The van der Waals surface area contributed by atoms with Crippen LogP contribution < -0.4 is 10.1 Å². The third-order valence-corrected chi connectivity index (χ3v) is 4.62. The first-order valence-corrected chi connectivity index (χ1v) is 9.27. The van der Waals surface area contributed by atoms with E-state index < -0.39 is 5.82 Å². The lowest BCUT2D eigenvalue weighted by molar-refractivity contribution is -0.133. The Hall–Kier alpha value is -3.03. The maximum Gasteiger partial charge on any atom is 0.271 e. The number of nitrogens with zero attached hydrogens (tertiary/aromatic N) is 3. The molecule has 0 spiro atoms. The zero-order chi connectivity index (χ0) is 19.9. The van der Waals surface area contributed by atoms with Gasteiger partial charge in [0.2, 0.25) is 0 Å². The van der Waals surface area contributed by atoms with Gasteiger partial charge in [0, 0.05) is 25.3 Å². The predicted molar refractivity (Wildman–Crippen MR) is 100 cm³/mol. The van der Waals surface area contributed by atoms with E-state index in [2.05, 4.69) is 15.3 Å². The third kappa shape index (κ3) is 5.25. The fourth-order valence-electron chi connectivity index (χ4n) is 3.05. The van der Waals surface area contributed by atoms with Crippen molar-refractivity contribution < 1.29 is 18.7 Å². The molecule has 1 N–H and O–H groups in total. The minimum atomic E-state index is -0.492. The second-order valence-corrected chi connectivity index (χ2v) is 6.74. The van der Waals surface area contributed by atoms with Crippen LogP contribution in [0.2, 0.25) is 0 Å². The molecule has 1 fully saturated rings. The van der Waals surface area contributed by atoms with E-state index in [4.69, 9.17) is 4.74 Å². The first kappa shape index (κ1) is 19.7. The number of aryl methyl sites for hydroxylation is 1. The molecule has 3 rings (SSSR count).